The highest BCUT2D eigenvalue weighted by Gasteiger charge is 2.44. The number of rotatable bonds is 9. The minimum atomic E-state index is -4.82. The normalized spacial score (nSPS) is 13.7. The minimum Gasteiger partial charge on any atom is -0.465 e. The van der Waals surface area contributed by atoms with Crippen LogP contribution in [0, 0.1) is 0 Å². The summed E-state index contributed by atoms with van der Waals surface area (Å²) < 4.78 is 47.7. The lowest BCUT2D eigenvalue weighted by atomic mass is 10.1. The molecule has 1 N–H and O–H groups in total. The van der Waals surface area contributed by atoms with Gasteiger partial charge in [-0.2, -0.15) is 18.3 Å². The molecule has 3 aromatic rings. The van der Waals surface area contributed by atoms with Crippen molar-refractivity contribution in [1.82, 2.24) is 15.1 Å². The molecule has 1 atom stereocenters. The Bertz CT molecular complexity index is 1320. The fourth-order valence-electron chi connectivity index (χ4n) is 4.45. The summed E-state index contributed by atoms with van der Waals surface area (Å²) in [6.07, 6.45) is -2.94. The van der Waals surface area contributed by atoms with Gasteiger partial charge in [-0.15, -0.1) is 0 Å². The van der Waals surface area contributed by atoms with E-state index in [0.717, 1.165) is 17.4 Å². The number of anilines is 1. The average molecular weight is 529 g/mol. The second-order valence-electron chi connectivity index (χ2n) is 9.02. The zero-order chi connectivity index (χ0) is 27.4. The second kappa shape index (κ2) is 11.1. The van der Waals surface area contributed by atoms with Crippen LogP contribution in [0.4, 0.5) is 19.0 Å². The summed E-state index contributed by atoms with van der Waals surface area (Å²) in [7, 11) is 1.26. The highest BCUT2D eigenvalue weighted by atomic mass is 19.4. The lowest BCUT2D eigenvalue weighted by Crippen LogP contribution is -2.31. The Kier molecular flexibility index (Phi) is 7.84. The Balaban J connectivity index is 1.58. The highest BCUT2D eigenvalue weighted by Crippen LogP contribution is 2.38. The number of esters is 1. The van der Waals surface area contributed by atoms with Gasteiger partial charge < -0.3 is 19.7 Å². The molecule has 1 amide bonds. The van der Waals surface area contributed by atoms with Crippen LogP contribution in [0.5, 0.6) is 0 Å². The maximum Gasteiger partial charge on any atom is 0.436 e. The van der Waals surface area contributed by atoms with E-state index in [9.17, 15) is 27.6 Å². The number of fused-ring (bicyclic) bond motifs is 1. The van der Waals surface area contributed by atoms with Gasteiger partial charge in [0.15, 0.2) is 5.69 Å². The number of amides is 1. The van der Waals surface area contributed by atoms with Crippen molar-refractivity contribution < 1.29 is 32.3 Å². The number of aldehydes is 1. The van der Waals surface area contributed by atoms with E-state index in [0.29, 0.717) is 37.1 Å². The molecular formula is C27H27F3N4O4. The van der Waals surface area contributed by atoms with Gasteiger partial charge in [-0.3, -0.25) is 4.79 Å². The molecule has 0 radical (unpaired) electrons. The number of ether oxygens (including phenoxy) is 1. The monoisotopic (exact) mass is 528 g/mol. The van der Waals surface area contributed by atoms with Crippen LogP contribution in [0.1, 0.15) is 62.5 Å². The van der Waals surface area contributed by atoms with Crippen LogP contribution in [0.2, 0.25) is 0 Å². The van der Waals surface area contributed by atoms with E-state index in [4.69, 9.17) is 0 Å². The molecule has 1 aliphatic heterocycles. The van der Waals surface area contributed by atoms with Crippen LogP contribution >= 0.6 is 0 Å². The van der Waals surface area contributed by atoms with Crippen LogP contribution in [0.25, 0.3) is 0 Å². The van der Waals surface area contributed by atoms with Gasteiger partial charge in [0.05, 0.1) is 25.3 Å². The molecule has 8 nitrogen and oxygen atoms in total. The molecule has 0 aliphatic carbocycles. The molecule has 1 aromatic heterocycles. The molecule has 0 saturated heterocycles. The molecule has 4 rings (SSSR count). The van der Waals surface area contributed by atoms with Gasteiger partial charge in [0, 0.05) is 19.5 Å². The topological polar surface area (TPSA) is 93.5 Å². The fraction of sp³-hybridized carbons (Fsp3) is 0.333. The maximum absolute atomic E-state index is 13.9. The number of nitrogens with zero attached hydrogens (tertiary/aromatic N) is 3. The van der Waals surface area contributed by atoms with Crippen molar-refractivity contribution in [2.45, 2.75) is 45.1 Å². The Morgan fingerprint density at radius 2 is 1.74 bits per heavy atom. The highest BCUT2D eigenvalue weighted by molar-refractivity contribution is 6.01. The summed E-state index contributed by atoms with van der Waals surface area (Å²) in [4.78, 5) is 37.3. The van der Waals surface area contributed by atoms with Crippen LogP contribution in [0.15, 0.2) is 48.5 Å². The number of methoxy groups -OCH3 is 1. The molecular weight excluding hydrogens is 501 g/mol. The predicted octanol–water partition coefficient (Wildman–Crippen LogP) is 4.33. The average Bonchev–Trinajstić information content (AvgIpc) is 3.48. The molecule has 11 heteroatoms. The first-order chi connectivity index (χ1) is 18.1. The first kappa shape index (κ1) is 26.9. The summed E-state index contributed by atoms with van der Waals surface area (Å²) in [5.41, 5.74) is 1.02. The number of benzene rings is 2. The van der Waals surface area contributed by atoms with Gasteiger partial charge >= 0.3 is 12.1 Å². The third kappa shape index (κ3) is 5.71. The zero-order valence-corrected chi connectivity index (χ0v) is 20.9. The van der Waals surface area contributed by atoms with Gasteiger partial charge in [-0.1, -0.05) is 36.4 Å². The van der Waals surface area contributed by atoms with Gasteiger partial charge in [0.2, 0.25) is 0 Å². The number of hydrogen-bond donors (Lipinski definition) is 1. The van der Waals surface area contributed by atoms with Crippen molar-refractivity contribution in [3.8, 4) is 0 Å². The number of aromatic nitrogens is 2. The maximum atomic E-state index is 13.9. The van der Waals surface area contributed by atoms with Gasteiger partial charge in [0.1, 0.15) is 17.7 Å². The molecule has 1 aliphatic rings. The molecule has 1 unspecified atom stereocenters. The molecule has 0 fully saturated rings. The Morgan fingerprint density at radius 1 is 1.08 bits per heavy atom. The van der Waals surface area contributed by atoms with Crippen molar-refractivity contribution in [3.05, 3.63) is 82.0 Å². The smallest absolute Gasteiger partial charge is 0.436 e. The molecule has 38 heavy (non-hydrogen) atoms. The van der Waals surface area contributed by atoms with Gasteiger partial charge in [-0.05, 0) is 42.2 Å². The van der Waals surface area contributed by atoms with E-state index in [1.54, 1.807) is 24.0 Å². The van der Waals surface area contributed by atoms with Crippen molar-refractivity contribution in [2.24, 2.45) is 0 Å². The fourth-order valence-corrected chi connectivity index (χ4v) is 4.45. The summed E-state index contributed by atoms with van der Waals surface area (Å²) in [5, 5.41) is 6.40. The summed E-state index contributed by atoms with van der Waals surface area (Å²) >= 11 is 0. The summed E-state index contributed by atoms with van der Waals surface area (Å²) in [5.74, 6) is -1.29. The van der Waals surface area contributed by atoms with Crippen molar-refractivity contribution in [1.29, 1.82) is 0 Å². The van der Waals surface area contributed by atoms with Gasteiger partial charge in [0.25, 0.3) is 5.91 Å². The Labute approximate surface area is 217 Å². The Morgan fingerprint density at radius 3 is 2.34 bits per heavy atom. The number of carbonyl (C=O) groups is 3. The molecule has 0 bridgehead atoms. The van der Waals surface area contributed by atoms with E-state index < -0.39 is 35.4 Å². The molecule has 0 saturated carbocycles. The molecule has 2 heterocycles. The van der Waals surface area contributed by atoms with Crippen molar-refractivity contribution >= 4 is 24.0 Å². The van der Waals surface area contributed by atoms with Crippen LogP contribution in [0.3, 0.4) is 0 Å². The van der Waals surface area contributed by atoms with Crippen LogP contribution in [-0.2, 0) is 35.2 Å². The third-order valence-corrected chi connectivity index (χ3v) is 6.43. The van der Waals surface area contributed by atoms with E-state index >= 15 is 0 Å². The molecule has 0 spiro atoms. The quantitative estimate of drug-likeness (QED) is 0.328. The minimum absolute atomic E-state index is 0.119. The molecule has 2 aromatic carbocycles. The van der Waals surface area contributed by atoms with Crippen LogP contribution in [-0.4, -0.2) is 41.6 Å². The lowest BCUT2D eigenvalue weighted by Gasteiger charge is -2.21. The van der Waals surface area contributed by atoms with Gasteiger partial charge in [-0.25, -0.2) is 9.48 Å². The first-order valence-electron chi connectivity index (χ1n) is 12.1. The third-order valence-electron chi connectivity index (χ3n) is 6.43. The number of aryl methyl sites for hydroxylation is 1. The number of hydrogen-bond acceptors (Lipinski definition) is 6. The summed E-state index contributed by atoms with van der Waals surface area (Å²) in [6.45, 7) is 2.56. The number of alkyl halides is 3. The van der Waals surface area contributed by atoms with E-state index in [-0.39, 0.29) is 12.4 Å². The standard InChI is InChI=1S/C27H27F3N4O4/c1-17(20-9-11-21(12-10-20)26(37)38-2)31-24(36)22-23(27(28,29)30)32-34-14-13-33(25(22)34)16-19-7-5-18(6-8-19)4-3-15-35/h5-12,15,17H,3-4,13-14,16H2,1-2H3,(H,31,36). The lowest BCUT2D eigenvalue weighted by molar-refractivity contribution is -0.141. The molecule has 200 valence electrons. The van der Waals surface area contributed by atoms with Crippen LogP contribution < -0.4 is 10.2 Å². The van der Waals surface area contributed by atoms with E-state index in [2.05, 4.69) is 15.2 Å². The largest absolute Gasteiger partial charge is 0.465 e. The summed E-state index contributed by atoms with van der Waals surface area (Å²) in [6, 6.07) is 13.1. The number of halogens is 3. The van der Waals surface area contributed by atoms with Crippen molar-refractivity contribution in [2.75, 3.05) is 18.6 Å². The van der Waals surface area contributed by atoms with Crippen molar-refractivity contribution in [3.63, 3.8) is 0 Å². The number of nitrogens with one attached hydrogen (secondary N) is 1. The predicted molar refractivity (Wildman–Crippen MR) is 133 cm³/mol. The zero-order valence-electron chi connectivity index (χ0n) is 20.9. The van der Waals surface area contributed by atoms with E-state index in [1.807, 2.05) is 24.3 Å². The number of carbonyl (C=O) groups excluding carboxylic acids is 3. The Hall–Kier alpha value is -4.15. The van der Waals surface area contributed by atoms with E-state index in [1.165, 1.54) is 23.9 Å². The SMILES string of the molecule is COC(=O)c1ccc(C(C)NC(=O)c2c(C(F)(F)F)nn3c2N(Cc2ccc(CCC=O)cc2)CC3)cc1. The second-order valence-corrected chi connectivity index (χ2v) is 9.02. The first-order valence-corrected chi connectivity index (χ1v) is 12.1.